The lowest BCUT2D eigenvalue weighted by molar-refractivity contribution is 0.384. The van der Waals surface area contributed by atoms with E-state index in [9.17, 15) is 8.42 Å². The van der Waals surface area contributed by atoms with Crippen LogP contribution in [0, 0.1) is 0 Å². The van der Waals surface area contributed by atoms with E-state index in [0.717, 1.165) is 5.69 Å². The Labute approximate surface area is 151 Å². The van der Waals surface area contributed by atoms with Crippen molar-refractivity contribution in [2.45, 2.75) is 4.90 Å². The van der Waals surface area contributed by atoms with E-state index < -0.39 is 10.0 Å². The lowest BCUT2D eigenvalue weighted by atomic mass is 10.2. The minimum Gasteiger partial charge on any atom is -0.496 e. The van der Waals surface area contributed by atoms with Crippen molar-refractivity contribution in [3.8, 4) is 5.75 Å². The molecule has 5 nitrogen and oxygen atoms in total. The van der Waals surface area contributed by atoms with Gasteiger partial charge in [-0.1, -0.05) is 18.2 Å². The summed E-state index contributed by atoms with van der Waals surface area (Å²) in [4.78, 5) is 2.49. The summed E-state index contributed by atoms with van der Waals surface area (Å²) in [5.74, 6) is 0.614. The molecule has 2 aromatic rings. The minimum absolute atomic E-state index is 0.281. The van der Waals surface area contributed by atoms with Crippen molar-refractivity contribution in [1.29, 1.82) is 0 Å². The molecule has 0 aliphatic carbocycles. The first-order valence-electron chi connectivity index (χ1n) is 7.66. The fourth-order valence-electron chi connectivity index (χ4n) is 2.78. The molecule has 7 heteroatoms. The third-order valence-electron chi connectivity index (χ3n) is 4.12. The van der Waals surface area contributed by atoms with Crippen molar-refractivity contribution >= 4 is 31.6 Å². The van der Waals surface area contributed by atoms with Gasteiger partial charge in [-0.3, -0.25) is 0 Å². The second-order valence-electron chi connectivity index (χ2n) is 5.52. The molecule has 0 atom stereocenters. The summed E-state index contributed by atoms with van der Waals surface area (Å²) in [6, 6.07) is 14.9. The number of ether oxygens (including phenoxy) is 1. The highest BCUT2D eigenvalue weighted by Gasteiger charge is 2.29. The van der Waals surface area contributed by atoms with E-state index in [0.29, 0.717) is 36.4 Å². The predicted molar refractivity (Wildman–Crippen MR) is 98.1 cm³/mol. The molecule has 0 bridgehead atoms. The van der Waals surface area contributed by atoms with Crippen molar-refractivity contribution in [2.24, 2.45) is 0 Å². The quantitative estimate of drug-likeness (QED) is 0.777. The smallest absolute Gasteiger partial charge is 0.243 e. The van der Waals surface area contributed by atoms with Crippen LogP contribution in [0.4, 0.5) is 5.69 Å². The van der Waals surface area contributed by atoms with Crippen molar-refractivity contribution < 1.29 is 13.2 Å². The van der Waals surface area contributed by atoms with Gasteiger partial charge in [0.2, 0.25) is 10.0 Å². The highest BCUT2D eigenvalue weighted by molar-refractivity contribution is 9.10. The first-order chi connectivity index (χ1) is 11.5. The Balaban J connectivity index is 1.74. The van der Waals surface area contributed by atoms with Gasteiger partial charge in [-0.05, 0) is 46.3 Å². The van der Waals surface area contributed by atoms with Gasteiger partial charge in [0, 0.05) is 31.9 Å². The maximum atomic E-state index is 12.8. The fraction of sp³-hybridized carbons (Fsp3) is 0.294. The lowest BCUT2D eigenvalue weighted by Crippen LogP contribution is -2.48. The molecule has 0 aromatic heterocycles. The van der Waals surface area contributed by atoms with Gasteiger partial charge in [-0.2, -0.15) is 4.31 Å². The van der Waals surface area contributed by atoms with Crippen molar-refractivity contribution in [3.05, 3.63) is 53.0 Å². The molecular formula is C17H19BrN2O3S. The number of hydrogen-bond donors (Lipinski definition) is 0. The number of methoxy groups -OCH3 is 1. The van der Waals surface area contributed by atoms with Gasteiger partial charge in [0.1, 0.15) is 5.75 Å². The van der Waals surface area contributed by atoms with Crippen LogP contribution in [0.25, 0.3) is 0 Å². The predicted octanol–water partition coefficient (Wildman–Crippen LogP) is 2.97. The van der Waals surface area contributed by atoms with E-state index >= 15 is 0 Å². The number of sulfonamides is 1. The summed E-state index contributed by atoms with van der Waals surface area (Å²) < 4.78 is 33.0. The van der Waals surface area contributed by atoms with Crippen LogP contribution in [-0.2, 0) is 10.0 Å². The molecule has 24 heavy (non-hydrogen) atoms. The van der Waals surface area contributed by atoms with Gasteiger partial charge in [-0.25, -0.2) is 8.42 Å². The first kappa shape index (κ1) is 17.3. The molecule has 1 heterocycles. The van der Waals surface area contributed by atoms with Crippen LogP contribution < -0.4 is 9.64 Å². The van der Waals surface area contributed by atoms with Gasteiger partial charge < -0.3 is 9.64 Å². The van der Waals surface area contributed by atoms with E-state index in [1.54, 1.807) is 29.6 Å². The van der Waals surface area contributed by atoms with Crippen LogP contribution in [0.2, 0.25) is 0 Å². The molecule has 0 N–H and O–H groups in total. The fourth-order valence-corrected chi connectivity index (χ4v) is 4.92. The van der Waals surface area contributed by atoms with Crippen LogP contribution in [0.3, 0.4) is 0 Å². The number of para-hydroxylation sites is 1. The zero-order valence-electron chi connectivity index (χ0n) is 13.4. The molecule has 3 rings (SSSR count). The number of rotatable bonds is 4. The number of benzene rings is 2. The third kappa shape index (κ3) is 3.43. The molecule has 1 saturated heterocycles. The first-order valence-corrected chi connectivity index (χ1v) is 9.89. The number of nitrogens with zero attached hydrogens (tertiary/aromatic N) is 2. The standard InChI is InChI=1S/C17H19BrN2O3S/c1-23-17-8-7-15(13-16(17)18)24(21,22)20-11-9-19(10-12-20)14-5-3-2-4-6-14/h2-8,13H,9-12H2,1H3. The summed E-state index contributed by atoms with van der Waals surface area (Å²) in [6.45, 7) is 2.31. The SMILES string of the molecule is COc1ccc(S(=O)(=O)N2CCN(c3ccccc3)CC2)cc1Br. The average molecular weight is 411 g/mol. The van der Waals surface area contributed by atoms with Crippen molar-refractivity contribution in [1.82, 2.24) is 4.31 Å². The third-order valence-corrected chi connectivity index (χ3v) is 6.64. The highest BCUT2D eigenvalue weighted by Crippen LogP contribution is 2.29. The molecule has 1 aliphatic rings. The Kier molecular flexibility index (Phi) is 5.12. The maximum absolute atomic E-state index is 12.8. The molecule has 1 fully saturated rings. The average Bonchev–Trinajstić information content (AvgIpc) is 2.62. The number of halogens is 1. The molecule has 2 aromatic carbocycles. The second kappa shape index (κ2) is 7.13. The summed E-state index contributed by atoms with van der Waals surface area (Å²) in [5.41, 5.74) is 1.13. The Hall–Kier alpha value is -1.57. The van der Waals surface area contributed by atoms with Crippen molar-refractivity contribution in [3.63, 3.8) is 0 Å². The second-order valence-corrected chi connectivity index (χ2v) is 8.32. The van der Waals surface area contributed by atoms with E-state index in [4.69, 9.17) is 4.74 Å². The lowest BCUT2D eigenvalue weighted by Gasteiger charge is -2.35. The van der Waals surface area contributed by atoms with E-state index in [1.807, 2.05) is 30.3 Å². The normalized spacial score (nSPS) is 16.2. The highest BCUT2D eigenvalue weighted by atomic mass is 79.9. The Bertz CT molecular complexity index is 804. The van der Waals surface area contributed by atoms with Crippen LogP contribution in [-0.4, -0.2) is 46.0 Å². The number of anilines is 1. The summed E-state index contributed by atoms with van der Waals surface area (Å²) in [6.07, 6.45) is 0. The Morgan fingerprint density at radius 1 is 1.00 bits per heavy atom. The summed E-state index contributed by atoms with van der Waals surface area (Å²) in [5, 5.41) is 0. The maximum Gasteiger partial charge on any atom is 0.243 e. The number of piperazine rings is 1. The molecule has 1 aliphatic heterocycles. The number of hydrogen-bond acceptors (Lipinski definition) is 4. The molecule has 128 valence electrons. The van der Waals surface area contributed by atoms with E-state index in [1.165, 1.54) is 0 Å². The van der Waals surface area contributed by atoms with Crippen LogP contribution in [0.5, 0.6) is 5.75 Å². The zero-order valence-corrected chi connectivity index (χ0v) is 15.8. The van der Waals surface area contributed by atoms with Gasteiger partial charge in [0.05, 0.1) is 16.5 Å². The van der Waals surface area contributed by atoms with Gasteiger partial charge >= 0.3 is 0 Å². The minimum atomic E-state index is -3.49. The largest absolute Gasteiger partial charge is 0.496 e. The summed E-state index contributed by atoms with van der Waals surface area (Å²) >= 11 is 3.35. The van der Waals surface area contributed by atoms with Crippen LogP contribution in [0.1, 0.15) is 0 Å². The molecule has 0 saturated carbocycles. The van der Waals surface area contributed by atoms with Crippen molar-refractivity contribution in [2.75, 3.05) is 38.2 Å². The van der Waals surface area contributed by atoms with E-state index in [2.05, 4.69) is 20.8 Å². The molecular weight excluding hydrogens is 392 g/mol. The Morgan fingerprint density at radius 3 is 2.25 bits per heavy atom. The van der Waals surface area contributed by atoms with E-state index in [-0.39, 0.29) is 4.90 Å². The van der Waals surface area contributed by atoms with Crippen LogP contribution >= 0.6 is 15.9 Å². The molecule has 0 amide bonds. The van der Waals surface area contributed by atoms with Gasteiger partial charge in [0.25, 0.3) is 0 Å². The van der Waals surface area contributed by atoms with Gasteiger partial charge in [0.15, 0.2) is 0 Å². The summed E-state index contributed by atoms with van der Waals surface area (Å²) in [7, 11) is -1.94. The molecule has 0 unspecified atom stereocenters. The molecule has 0 spiro atoms. The van der Waals surface area contributed by atoms with Gasteiger partial charge in [-0.15, -0.1) is 0 Å². The van der Waals surface area contributed by atoms with Crippen LogP contribution in [0.15, 0.2) is 57.9 Å². The Morgan fingerprint density at radius 2 is 1.67 bits per heavy atom. The molecule has 0 radical (unpaired) electrons. The topological polar surface area (TPSA) is 49.9 Å². The monoisotopic (exact) mass is 410 g/mol. The zero-order chi connectivity index (χ0) is 17.2.